The van der Waals surface area contributed by atoms with Crippen LogP contribution in [-0.4, -0.2) is 37.6 Å². The van der Waals surface area contributed by atoms with Gasteiger partial charge in [0, 0.05) is 11.6 Å². The number of nitrogens with two attached hydrogens (primary N) is 1. The fraction of sp³-hybridized carbons (Fsp3) is 0.304. The Morgan fingerprint density at radius 1 is 1.14 bits per heavy atom. The van der Waals surface area contributed by atoms with E-state index in [4.69, 9.17) is 15.2 Å². The number of carbonyl (C=O) groups is 1. The summed E-state index contributed by atoms with van der Waals surface area (Å²) in [4.78, 5) is 17.9. The Kier molecular flexibility index (Phi) is 6.46. The van der Waals surface area contributed by atoms with Gasteiger partial charge in [0.25, 0.3) is 0 Å². The summed E-state index contributed by atoms with van der Waals surface area (Å²) < 4.78 is 11.0. The first kappa shape index (κ1) is 20.8. The molecule has 29 heavy (non-hydrogen) atoms. The number of hydrogen-bond acceptors (Lipinski definition) is 6. The van der Waals surface area contributed by atoms with Crippen molar-refractivity contribution in [1.82, 2.24) is 10.3 Å². The van der Waals surface area contributed by atoms with E-state index in [1.807, 2.05) is 50.2 Å². The van der Waals surface area contributed by atoms with Gasteiger partial charge in [0.2, 0.25) is 0 Å². The molecule has 6 nitrogen and oxygen atoms in total. The number of hydrogen-bond donors (Lipinski definition) is 2. The summed E-state index contributed by atoms with van der Waals surface area (Å²) in [6.07, 6.45) is 1.74. The number of Topliss-reactive ketones (excluding diaryl/α,β-unsaturated/α-hetero) is 1. The second-order valence-corrected chi connectivity index (χ2v) is 6.80. The molecule has 0 aliphatic heterocycles. The highest BCUT2D eigenvalue weighted by Gasteiger charge is 2.28. The summed E-state index contributed by atoms with van der Waals surface area (Å²) in [5.74, 6) is 0.769. The molecule has 0 saturated heterocycles. The minimum Gasteiger partial charge on any atom is -0.493 e. The van der Waals surface area contributed by atoms with Crippen LogP contribution >= 0.6 is 0 Å². The summed E-state index contributed by atoms with van der Waals surface area (Å²) in [6.45, 7) is 4.46. The van der Waals surface area contributed by atoms with Crippen molar-refractivity contribution in [3.63, 3.8) is 0 Å². The van der Waals surface area contributed by atoms with Crippen molar-refractivity contribution in [1.29, 1.82) is 0 Å². The normalized spacial score (nSPS) is 13.1. The van der Waals surface area contributed by atoms with Gasteiger partial charge in [0.1, 0.15) is 0 Å². The van der Waals surface area contributed by atoms with E-state index in [0.717, 1.165) is 10.8 Å². The second kappa shape index (κ2) is 9.03. The summed E-state index contributed by atoms with van der Waals surface area (Å²) in [7, 11) is 3.07. The molecule has 0 aliphatic carbocycles. The highest BCUT2D eigenvalue weighted by atomic mass is 16.5. The van der Waals surface area contributed by atoms with Crippen molar-refractivity contribution in [2.24, 2.45) is 5.73 Å². The zero-order valence-electron chi connectivity index (χ0n) is 17.2. The Morgan fingerprint density at radius 3 is 2.59 bits per heavy atom. The number of pyridine rings is 1. The lowest BCUT2D eigenvalue weighted by molar-refractivity contribution is 0.0947. The van der Waals surface area contributed by atoms with Crippen LogP contribution in [0.4, 0.5) is 0 Å². The number of ketones is 1. The Hall–Kier alpha value is -2.96. The molecular formula is C23H27N3O3. The molecule has 3 rings (SSSR count). The minimum atomic E-state index is -0.603. The van der Waals surface area contributed by atoms with Gasteiger partial charge in [-0.2, -0.15) is 0 Å². The quantitative estimate of drug-likeness (QED) is 0.570. The Bertz CT molecular complexity index is 1010. The van der Waals surface area contributed by atoms with E-state index in [1.165, 1.54) is 7.11 Å². The predicted molar refractivity (Wildman–Crippen MR) is 115 cm³/mol. The highest BCUT2D eigenvalue weighted by molar-refractivity contribution is 6.04. The zero-order chi connectivity index (χ0) is 21.0. The topological polar surface area (TPSA) is 86.5 Å². The average Bonchev–Trinajstić information content (AvgIpc) is 2.76. The van der Waals surface area contributed by atoms with Crippen molar-refractivity contribution in [3.05, 3.63) is 65.5 Å². The molecule has 3 aromatic rings. The van der Waals surface area contributed by atoms with Crippen molar-refractivity contribution >= 4 is 16.6 Å². The van der Waals surface area contributed by atoms with Crippen LogP contribution in [0.15, 0.2) is 48.7 Å². The fourth-order valence-corrected chi connectivity index (χ4v) is 3.61. The zero-order valence-corrected chi connectivity index (χ0v) is 17.2. The van der Waals surface area contributed by atoms with Gasteiger partial charge < -0.3 is 20.5 Å². The van der Waals surface area contributed by atoms with E-state index in [1.54, 1.807) is 19.4 Å². The van der Waals surface area contributed by atoms with E-state index in [0.29, 0.717) is 34.9 Å². The molecule has 2 atom stereocenters. The van der Waals surface area contributed by atoms with Gasteiger partial charge in [-0.3, -0.25) is 9.78 Å². The minimum absolute atomic E-state index is 0.103. The molecule has 0 radical (unpaired) electrons. The van der Waals surface area contributed by atoms with Crippen molar-refractivity contribution in [2.45, 2.75) is 25.9 Å². The van der Waals surface area contributed by atoms with E-state index < -0.39 is 12.1 Å². The summed E-state index contributed by atoms with van der Waals surface area (Å²) >= 11 is 0. The van der Waals surface area contributed by atoms with E-state index in [9.17, 15) is 4.79 Å². The maximum atomic E-state index is 13.3. The van der Waals surface area contributed by atoms with Gasteiger partial charge in [-0.15, -0.1) is 0 Å². The fourth-order valence-electron chi connectivity index (χ4n) is 3.61. The average molecular weight is 393 g/mol. The molecule has 6 heteroatoms. The highest BCUT2D eigenvalue weighted by Crippen LogP contribution is 2.38. The third-order valence-corrected chi connectivity index (χ3v) is 5.06. The van der Waals surface area contributed by atoms with Crippen LogP contribution in [0.1, 0.15) is 41.5 Å². The van der Waals surface area contributed by atoms with Crippen LogP contribution in [0.2, 0.25) is 0 Å². The van der Waals surface area contributed by atoms with Gasteiger partial charge in [-0.05, 0) is 36.6 Å². The Balaban J connectivity index is 2.21. The maximum absolute atomic E-state index is 13.3. The lowest BCUT2D eigenvalue weighted by Gasteiger charge is -2.22. The molecule has 1 aromatic heterocycles. The Labute approximate surface area is 171 Å². The number of aromatic nitrogens is 1. The number of nitrogens with one attached hydrogen (secondary N) is 1. The largest absolute Gasteiger partial charge is 0.493 e. The number of methoxy groups -OCH3 is 2. The molecule has 0 spiro atoms. The molecule has 152 valence electrons. The first-order chi connectivity index (χ1) is 14.0. The molecular weight excluding hydrogens is 366 g/mol. The molecule has 1 heterocycles. The number of benzene rings is 2. The lowest BCUT2D eigenvalue weighted by atomic mass is 9.90. The molecule has 2 aromatic carbocycles. The van der Waals surface area contributed by atoms with Gasteiger partial charge in [-0.25, -0.2) is 0 Å². The number of carbonyl (C=O) groups excluding carboxylic acids is 1. The number of ether oxygens (including phenoxy) is 2. The van der Waals surface area contributed by atoms with Crippen LogP contribution < -0.4 is 20.5 Å². The van der Waals surface area contributed by atoms with Gasteiger partial charge in [0.15, 0.2) is 17.3 Å². The van der Waals surface area contributed by atoms with Crippen LogP contribution in [-0.2, 0) is 0 Å². The summed E-state index contributed by atoms with van der Waals surface area (Å²) in [5, 5.41) is 5.16. The third-order valence-electron chi connectivity index (χ3n) is 5.06. The number of nitrogens with zero attached hydrogens (tertiary/aromatic N) is 1. The van der Waals surface area contributed by atoms with Gasteiger partial charge in [0.05, 0.1) is 37.6 Å². The van der Waals surface area contributed by atoms with Gasteiger partial charge >= 0.3 is 0 Å². The smallest absolute Gasteiger partial charge is 0.183 e. The van der Waals surface area contributed by atoms with E-state index in [2.05, 4.69) is 10.3 Å². The van der Waals surface area contributed by atoms with Crippen molar-refractivity contribution in [2.75, 3.05) is 20.8 Å². The monoisotopic (exact) mass is 393 g/mol. The first-order valence-electron chi connectivity index (χ1n) is 9.65. The summed E-state index contributed by atoms with van der Waals surface area (Å²) in [6, 6.07) is 12.5. The number of fused-ring (bicyclic) bond motifs is 1. The van der Waals surface area contributed by atoms with Crippen LogP contribution in [0.3, 0.4) is 0 Å². The number of rotatable bonds is 8. The van der Waals surface area contributed by atoms with Crippen LogP contribution in [0.25, 0.3) is 10.8 Å². The third kappa shape index (κ3) is 3.95. The van der Waals surface area contributed by atoms with Crippen LogP contribution in [0, 0.1) is 0 Å². The van der Waals surface area contributed by atoms with Crippen molar-refractivity contribution < 1.29 is 14.3 Å². The predicted octanol–water partition coefficient (Wildman–Crippen LogP) is 3.48. The lowest BCUT2D eigenvalue weighted by Crippen LogP contribution is -2.35. The van der Waals surface area contributed by atoms with Crippen molar-refractivity contribution in [3.8, 4) is 11.5 Å². The molecule has 0 fully saturated rings. The standard InChI is InChI=1S/C23H27N3O3/c1-5-25-14(2)22(27)19-17(10-11-18(28-3)23(19)29-4)20(24)21-16-9-7-6-8-15(16)12-13-26-21/h6-14,20,25H,5,24H2,1-4H3. The van der Waals surface area contributed by atoms with Gasteiger partial charge in [-0.1, -0.05) is 37.3 Å². The van der Waals surface area contributed by atoms with E-state index >= 15 is 0 Å². The SMILES string of the molecule is CCNC(C)C(=O)c1c(C(N)c2nccc3ccccc23)ccc(OC)c1OC. The summed E-state index contributed by atoms with van der Waals surface area (Å²) in [5.41, 5.74) is 8.46. The molecule has 0 aliphatic rings. The molecule has 2 unspecified atom stereocenters. The molecule has 0 saturated carbocycles. The first-order valence-corrected chi connectivity index (χ1v) is 9.65. The maximum Gasteiger partial charge on any atom is 0.183 e. The van der Waals surface area contributed by atoms with E-state index in [-0.39, 0.29) is 5.78 Å². The Morgan fingerprint density at radius 2 is 1.90 bits per heavy atom. The molecule has 0 amide bonds. The van der Waals surface area contributed by atoms with Crippen LogP contribution in [0.5, 0.6) is 11.5 Å². The number of likely N-dealkylation sites (N-methyl/N-ethyl adjacent to an activating group) is 1. The molecule has 3 N–H and O–H groups in total. The molecule has 0 bridgehead atoms. The second-order valence-electron chi connectivity index (χ2n) is 6.80.